The minimum Gasteiger partial charge on any atom is -0.493 e. The topological polar surface area (TPSA) is 60.6 Å². The predicted octanol–water partition coefficient (Wildman–Crippen LogP) is 2.04. The average molecular weight is 275 g/mol. The quantitative estimate of drug-likeness (QED) is 0.904. The third-order valence-electron chi connectivity index (χ3n) is 3.17. The number of anilines is 1. The van der Waals surface area contributed by atoms with Gasteiger partial charge in [-0.2, -0.15) is 0 Å². The molecule has 0 aliphatic rings. The van der Waals surface area contributed by atoms with Gasteiger partial charge in [0.25, 0.3) is 0 Å². The fourth-order valence-electron chi connectivity index (χ4n) is 2.31. The van der Waals surface area contributed by atoms with Gasteiger partial charge in [-0.05, 0) is 30.5 Å². The molecule has 0 radical (unpaired) electrons. The van der Waals surface area contributed by atoms with Crippen molar-refractivity contribution in [1.82, 2.24) is 4.98 Å². The molecule has 20 heavy (non-hydrogen) atoms. The Morgan fingerprint density at radius 2 is 1.90 bits per heavy atom. The standard InChI is InChI=1S/C15H21N3O2/c1-10(16)9-18(2)15-12-8-14(20-4)13(19-3)7-11(12)5-6-17-15/h5-8,10H,9,16H2,1-4H3. The highest BCUT2D eigenvalue weighted by molar-refractivity contribution is 5.94. The lowest BCUT2D eigenvalue weighted by Gasteiger charge is -2.22. The van der Waals surface area contributed by atoms with Gasteiger partial charge >= 0.3 is 0 Å². The normalized spacial score (nSPS) is 12.2. The molecule has 2 rings (SSSR count). The van der Waals surface area contributed by atoms with Crippen LogP contribution in [0.15, 0.2) is 24.4 Å². The first-order valence-corrected chi connectivity index (χ1v) is 6.54. The van der Waals surface area contributed by atoms with Crippen LogP contribution in [-0.4, -0.2) is 38.8 Å². The third-order valence-corrected chi connectivity index (χ3v) is 3.17. The van der Waals surface area contributed by atoms with Gasteiger partial charge in [-0.3, -0.25) is 0 Å². The number of nitrogens with zero attached hydrogens (tertiary/aromatic N) is 2. The molecule has 1 aromatic carbocycles. The first-order chi connectivity index (χ1) is 9.56. The summed E-state index contributed by atoms with van der Waals surface area (Å²) in [6.07, 6.45) is 1.79. The van der Waals surface area contributed by atoms with Crippen molar-refractivity contribution < 1.29 is 9.47 Å². The van der Waals surface area contributed by atoms with Gasteiger partial charge in [-0.25, -0.2) is 4.98 Å². The summed E-state index contributed by atoms with van der Waals surface area (Å²) in [6, 6.07) is 5.95. The first kappa shape index (κ1) is 14.4. The Kier molecular flexibility index (Phi) is 4.29. The van der Waals surface area contributed by atoms with E-state index in [-0.39, 0.29) is 6.04 Å². The lowest BCUT2D eigenvalue weighted by Crippen LogP contribution is -2.33. The van der Waals surface area contributed by atoms with Crippen molar-refractivity contribution in [1.29, 1.82) is 0 Å². The summed E-state index contributed by atoms with van der Waals surface area (Å²) in [6.45, 7) is 2.71. The minimum absolute atomic E-state index is 0.0807. The molecule has 0 bridgehead atoms. The molecular weight excluding hydrogens is 254 g/mol. The minimum atomic E-state index is 0.0807. The van der Waals surface area contributed by atoms with E-state index in [1.807, 2.05) is 32.2 Å². The molecule has 108 valence electrons. The molecule has 1 atom stereocenters. The Labute approximate surface area is 119 Å². The Bertz CT molecular complexity index is 599. The van der Waals surface area contributed by atoms with E-state index < -0.39 is 0 Å². The average Bonchev–Trinajstić information content (AvgIpc) is 2.44. The maximum absolute atomic E-state index is 5.86. The fraction of sp³-hybridized carbons (Fsp3) is 0.400. The highest BCUT2D eigenvalue weighted by atomic mass is 16.5. The fourth-order valence-corrected chi connectivity index (χ4v) is 2.31. The Morgan fingerprint density at radius 3 is 2.50 bits per heavy atom. The van der Waals surface area contributed by atoms with E-state index >= 15 is 0 Å². The van der Waals surface area contributed by atoms with Crippen molar-refractivity contribution in [3.63, 3.8) is 0 Å². The Balaban J connectivity index is 2.56. The van der Waals surface area contributed by atoms with Crippen molar-refractivity contribution in [2.45, 2.75) is 13.0 Å². The monoisotopic (exact) mass is 275 g/mol. The van der Waals surface area contributed by atoms with E-state index in [2.05, 4.69) is 9.88 Å². The number of methoxy groups -OCH3 is 2. The summed E-state index contributed by atoms with van der Waals surface area (Å²) >= 11 is 0. The molecule has 0 aliphatic carbocycles. The highest BCUT2D eigenvalue weighted by Gasteiger charge is 2.13. The van der Waals surface area contributed by atoms with E-state index in [4.69, 9.17) is 15.2 Å². The molecule has 5 heteroatoms. The summed E-state index contributed by atoms with van der Waals surface area (Å²) in [4.78, 5) is 6.52. The smallest absolute Gasteiger partial charge is 0.161 e. The number of hydrogen-bond acceptors (Lipinski definition) is 5. The van der Waals surface area contributed by atoms with Gasteiger partial charge < -0.3 is 20.1 Å². The van der Waals surface area contributed by atoms with Crippen LogP contribution in [0.4, 0.5) is 5.82 Å². The molecule has 0 saturated heterocycles. The second kappa shape index (κ2) is 5.96. The molecule has 1 heterocycles. The van der Waals surface area contributed by atoms with Crippen LogP contribution < -0.4 is 20.1 Å². The zero-order chi connectivity index (χ0) is 14.7. The predicted molar refractivity (Wildman–Crippen MR) is 81.8 cm³/mol. The van der Waals surface area contributed by atoms with Crippen LogP contribution in [-0.2, 0) is 0 Å². The number of rotatable bonds is 5. The van der Waals surface area contributed by atoms with E-state index in [1.54, 1.807) is 20.4 Å². The zero-order valence-electron chi connectivity index (χ0n) is 12.4. The maximum Gasteiger partial charge on any atom is 0.161 e. The van der Waals surface area contributed by atoms with Gasteiger partial charge in [-0.1, -0.05) is 0 Å². The molecule has 0 aliphatic heterocycles. The van der Waals surface area contributed by atoms with Crippen LogP contribution in [0.2, 0.25) is 0 Å². The van der Waals surface area contributed by atoms with E-state index in [0.717, 1.165) is 23.1 Å². The van der Waals surface area contributed by atoms with E-state index in [0.29, 0.717) is 11.5 Å². The van der Waals surface area contributed by atoms with Gasteiger partial charge in [0.05, 0.1) is 14.2 Å². The molecule has 0 fully saturated rings. The largest absolute Gasteiger partial charge is 0.493 e. The highest BCUT2D eigenvalue weighted by Crippen LogP contribution is 2.35. The second-order valence-corrected chi connectivity index (χ2v) is 4.92. The third kappa shape index (κ3) is 2.77. The number of nitrogens with two attached hydrogens (primary N) is 1. The Hall–Kier alpha value is -2.01. The van der Waals surface area contributed by atoms with E-state index in [1.165, 1.54) is 0 Å². The van der Waals surface area contributed by atoms with Crippen molar-refractivity contribution in [2.75, 3.05) is 32.7 Å². The van der Waals surface area contributed by atoms with Crippen LogP contribution >= 0.6 is 0 Å². The van der Waals surface area contributed by atoms with Crippen LogP contribution in [0.25, 0.3) is 10.8 Å². The first-order valence-electron chi connectivity index (χ1n) is 6.54. The van der Waals surface area contributed by atoms with Crippen LogP contribution in [0.3, 0.4) is 0 Å². The number of ether oxygens (including phenoxy) is 2. The molecule has 0 saturated carbocycles. The second-order valence-electron chi connectivity index (χ2n) is 4.92. The zero-order valence-corrected chi connectivity index (χ0v) is 12.4. The van der Waals surface area contributed by atoms with E-state index in [9.17, 15) is 0 Å². The lowest BCUT2D eigenvalue weighted by molar-refractivity contribution is 0.356. The number of benzene rings is 1. The number of pyridine rings is 1. The van der Waals surface area contributed by atoms with Crippen LogP contribution in [0, 0.1) is 0 Å². The van der Waals surface area contributed by atoms with Crippen LogP contribution in [0.5, 0.6) is 11.5 Å². The molecule has 2 N–H and O–H groups in total. The number of hydrogen-bond donors (Lipinski definition) is 1. The molecule has 0 spiro atoms. The number of aromatic nitrogens is 1. The molecule has 2 aromatic rings. The van der Waals surface area contributed by atoms with Gasteiger partial charge in [0, 0.05) is 31.2 Å². The van der Waals surface area contributed by atoms with Crippen molar-refractivity contribution >= 4 is 16.6 Å². The maximum atomic E-state index is 5.86. The van der Waals surface area contributed by atoms with Crippen molar-refractivity contribution in [3.05, 3.63) is 24.4 Å². The summed E-state index contributed by atoms with van der Waals surface area (Å²) in [7, 11) is 5.25. The number of likely N-dealkylation sites (N-methyl/N-ethyl adjacent to an activating group) is 1. The van der Waals surface area contributed by atoms with Gasteiger partial charge in [0.1, 0.15) is 5.82 Å². The molecule has 1 aromatic heterocycles. The Morgan fingerprint density at radius 1 is 1.25 bits per heavy atom. The van der Waals surface area contributed by atoms with Crippen LogP contribution in [0.1, 0.15) is 6.92 Å². The SMILES string of the molecule is COc1cc2ccnc(N(C)CC(C)N)c2cc1OC. The molecular formula is C15H21N3O2. The molecule has 1 unspecified atom stereocenters. The lowest BCUT2D eigenvalue weighted by atomic mass is 10.1. The van der Waals surface area contributed by atoms with Gasteiger partial charge in [-0.15, -0.1) is 0 Å². The summed E-state index contributed by atoms with van der Waals surface area (Å²) in [5, 5.41) is 2.08. The molecule has 0 amide bonds. The van der Waals surface area contributed by atoms with Crippen molar-refractivity contribution in [3.8, 4) is 11.5 Å². The summed E-state index contributed by atoms with van der Waals surface area (Å²) in [5.41, 5.74) is 5.86. The van der Waals surface area contributed by atoms with Gasteiger partial charge in [0.15, 0.2) is 11.5 Å². The number of fused-ring (bicyclic) bond motifs is 1. The summed E-state index contributed by atoms with van der Waals surface area (Å²) in [5.74, 6) is 2.30. The van der Waals surface area contributed by atoms with Crippen molar-refractivity contribution in [2.24, 2.45) is 5.73 Å². The van der Waals surface area contributed by atoms with Gasteiger partial charge in [0.2, 0.25) is 0 Å². The summed E-state index contributed by atoms with van der Waals surface area (Å²) < 4.78 is 10.7. The molecule has 5 nitrogen and oxygen atoms in total.